The summed E-state index contributed by atoms with van der Waals surface area (Å²) in [4.78, 5) is 34.1. The average Bonchev–Trinajstić information content (AvgIpc) is 2.50. The Labute approximate surface area is 133 Å². The topological polar surface area (TPSA) is 122 Å². The van der Waals surface area contributed by atoms with Gasteiger partial charge in [0.25, 0.3) is 0 Å². The highest BCUT2D eigenvalue weighted by molar-refractivity contribution is 7.80. The number of hydrogen-bond donors (Lipinski definition) is 5. The van der Waals surface area contributed by atoms with Crippen molar-refractivity contribution in [2.24, 2.45) is 5.73 Å². The van der Waals surface area contributed by atoms with Crippen LogP contribution in [0, 0.1) is 0 Å². The van der Waals surface area contributed by atoms with Crippen molar-refractivity contribution >= 4 is 30.4 Å². The lowest BCUT2D eigenvalue weighted by Gasteiger charge is -2.18. The predicted octanol–water partition coefficient (Wildman–Crippen LogP) is -0.828. The van der Waals surface area contributed by atoms with Gasteiger partial charge in [-0.3, -0.25) is 14.4 Å². The van der Waals surface area contributed by atoms with E-state index in [1.54, 1.807) is 0 Å². The molecular weight excluding hydrogens is 306 g/mol. The van der Waals surface area contributed by atoms with Gasteiger partial charge in [0.15, 0.2) is 0 Å². The average molecular weight is 325 g/mol. The third kappa shape index (κ3) is 6.15. The molecule has 120 valence electrons. The fourth-order valence-electron chi connectivity index (χ4n) is 1.72. The molecule has 0 unspecified atom stereocenters. The van der Waals surface area contributed by atoms with Crippen molar-refractivity contribution in [2.75, 3.05) is 12.3 Å². The van der Waals surface area contributed by atoms with Crippen molar-refractivity contribution in [2.45, 2.75) is 18.5 Å². The number of nitrogens with one attached hydrogen (secondary N) is 2. The Balaban J connectivity index is 2.53. The third-order valence-corrected chi connectivity index (χ3v) is 3.23. The molecule has 0 aromatic heterocycles. The van der Waals surface area contributed by atoms with Crippen LogP contribution < -0.4 is 16.4 Å². The maximum absolute atomic E-state index is 12.0. The predicted molar refractivity (Wildman–Crippen MR) is 84.6 cm³/mol. The fourth-order valence-corrected chi connectivity index (χ4v) is 1.98. The Kier molecular flexibility index (Phi) is 7.41. The standard InChI is InChI=1S/C14H19N3O4S/c15-10(6-9-4-2-1-3-5-9)13(20)17-11(8-22)14(21)16-7-12(18)19/h1-5,10-11,22H,6-8,15H2,(H,16,21)(H,17,20)(H,18,19)/t10-,11-/m0/s1. The number of hydrogen-bond acceptors (Lipinski definition) is 5. The normalized spacial score (nSPS) is 13.0. The molecule has 0 aliphatic heterocycles. The largest absolute Gasteiger partial charge is 0.480 e. The van der Waals surface area contributed by atoms with E-state index in [0.29, 0.717) is 6.42 Å². The van der Waals surface area contributed by atoms with Gasteiger partial charge in [-0.25, -0.2) is 0 Å². The first-order chi connectivity index (χ1) is 10.4. The van der Waals surface area contributed by atoms with Crippen molar-refractivity contribution in [3.63, 3.8) is 0 Å². The van der Waals surface area contributed by atoms with Crippen LogP contribution in [0.4, 0.5) is 0 Å². The lowest BCUT2D eigenvalue weighted by Crippen LogP contribution is -2.53. The number of nitrogens with two attached hydrogens (primary N) is 1. The Morgan fingerprint density at radius 1 is 1.18 bits per heavy atom. The van der Waals surface area contributed by atoms with Crippen LogP contribution in [0.5, 0.6) is 0 Å². The van der Waals surface area contributed by atoms with Gasteiger partial charge in [-0.15, -0.1) is 0 Å². The van der Waals surface area contributed by atoms with Gasteiger partial charge in [0.1, 0.15) is 12.6 Å². The second kappa shape index (κ2) is 9.06. The van der Waals surface area contributed by atoms with Gasteiger partial charge in [-0.05, 0) is 12.0 Å². The van der Waals surface area contributed by atoms with Crippen LogP contribution in [-0.4, -0.2) is 47.3 Å². The van der Waals surface area contributed by atoms with Crippen molar-refractivity contribution in [3.8, 4) is 0 Å². The second-order valence-corrected chi connectivity index (χ2v) is 5.02. The lowest BCUT2D eigenvalue weighted by atomic mass is 10.1. The molecule has 0 aliphatic carbocycles. The number of carbonyl (C=O) groups excluding carboxylic acids is 2. The molecule has 0 bridgehead atoms. The molecule has 2 atom stereocenters. The zero-order valence-electron chi connectivity index (χ0n) is 11.9. The van der Waals surface area contributed by atoms with E-state index in [2.05, 4.69) is 23.3 Å². The molecule has 0 saturated carbocycles. The molecule has 2 amide bonds. The summed E-state index contributed by atoms with van der Waals surface area (Å²) >= 11 is 3.98. The summed E-state index contributed by atoms with van der Waals surface area (Å²) in [6.45, 7) is -0.519. The zero-order chi connectivity index (χ0) is 16.5. The molecule has 0 fully saturated rings. The van der Waals surface area contributed by atoms with Crippen LogP contribution in [0.2, 0.25) is 0 Å². The van der Waals surface area contributed by atoms with Gasteiger partial charge >= 0.3 is 5.97 Å². The summed E-state index contributed by atoms with van der Waals surface area (Å²) in [6, 6.07) is 7.50. The Morgan fingerprint density at radius 2 is 1.82 bits per heavy atom. The summed E-state index contributed by atoms with van der Waals surface area (Å²) in [5, 5.41) is 13.2. The van der Waals surface area contributed by atoms with Crippen LogP contribution in [-0.2, 0) is 20.8 Å². The van der Waals surface area contributed by atoms with Crippen molar-refractivity contribution in [3.05, 3.63) is 35.9 Å². The maximum atomic E-state index is 12.0. The summed E-state index contributed by atoms with van der Waals surface area (Å²) in [7, 11) is 0. The monoisotopic (exact) mass is 325 g/mol. The fraction of sp³-hybridized carbons (Fsp3) is 0.357. The van der Waals surface area contributed by atoms with Crippen molar-refractivity contribution in [1.29, 1.82) is 0 Å². The first kappa shape index (κ1) is 18.0. The molecule has 1 aromatic carbocycles. The molecule has 0 radical (unpaired) electrons. The van der Waals surface area contributed by atoms with E-state index in [0.717, 1.165) is 5.56 Å². The molecular formula is C14H19N3O4S. The van der Waals surface area contributed by atoms with E-state index in [1.807, 2.05) is 30.3 Å². The number of carboxylic acid groups (broad SMARTS) is 1. The van der Waals surface area contributed by atoms with Gasteiger partial charge in [-0.1, -0.05) is 30.3 Å². The molecule has 0 heterocycles. The maximum Gasteiger partial charge on any atom is 0.322 e. The Morgan fingerprint density at radius 3 is 2.36 bits per heavy atom. The SMILES string of the molecule is N[C@@H](Cc1ccccc1)C(=O)N[C@@H](CS)C(=O)NCC(=O)O. The number of carbonyl (C=O) groups is 3. The molecule has 1 aromatic rings. The van der Waals surface area contributed by atoms with E-state index in [4.69, 9.17) is 10.8 Å². The van der Waals surface area contributed by atoms with E-state index in [1.165, 1.54) is 0 Å². The summed E-state index contributed by atoms with van der Waals surface area (Å²) < 4.78 is 0. The van der Waals surface area contributed by atoms with Crippen LogP contribution in [0.3, 0.4) is 0 Å². The minimum Gasteiger partial charge on any atom is -0.480 e. The first-order valence-electron chi connectivity index (χ1n) is 6.64. The molecule has 8 heteroatoms. The van der Waals surface area contributed by atoms with E-state index < -0.39 is 36.4 Å². The number of rotatable bonds is 8. The summed E-state index contributed by atoms with van der Waals surface area (Å²) in [5.41, 5.74) is 6.72. The van der Waals surface area contributed by atoms with E-state index in [9.17, 15) is 14.4 Å². The van der Waals surface area contributed by atoms with Crippen molar-refractivity contribution < 1.29 is 19.5 Å². The molecule has 5 N–H and O–H groups in total. The molecule has 0 aliphatic rings. The quantitative estimate of drug-likeness (QED) is 0.400. The lowest BCUT2D eigenvalue weighted by molar-refractivity contribution is -0.138. The number of aliphatic carboxylic acids is 1. The number of thiol groups is 1. The van der Waals surface area contributed by atoms with Crippen LogP contribution >= 0.6 is 12.6 Å². The van der Waals surface area contributed by atoms with Gasteiger partial charge < -0.3 is 21.5 Å². The van der Waals surface area contributed by atoms with Gasteiger partial charge in [-0.2, -0.15) is 12.6 Å². The first-order valence-corrected chi connectivity index (χ1v) is 7.27. The van der Waals surface area contributed by atoms with Gasteiger partial charge in [0.2, 0.25) is 11.8 Å². The van der Waals surface area contributed by atoms with Gasteiger partial charge in [0, 0.05) is 5.75 Å². The second-order valence-electron chi connectivity index (χ2n) is 4.65. The third-order valence-electron chi connectivity index (χ3n) is 2.86. The van der Waals surface area contributed by atoms with Crippen LogP contribution in [0.15, 0.2) is 30.3 Å². The number of benzene rings is 1. The summed E-state index contributed by atoms with van der Waals surface area (Å²) in [6.07, 6.45) is 0.336. The molecule has 7 nitrogen and oxygen atoms in total. The Hall–Kier alpha value is -2.06. The number of carboxylic acids is 1. The van der Waals surface area contributed by atoms with E-state index >= 15 is 0 Å². The Bertz CT molecular complexity index is 524. The highest BCUT2D eigenvalue weighted by Gasteiger charge is 2.23. The molecule has 0 saturated heterocycles. The smallest absolute Gasteiger partial charge is 0.322 e. The molecule has 0 spiro atoms. The van der Waals surface area contributed by atoms with Gasteiger partial charge in [0.05, 0.1) is 6.04 Å². The van der Waals surface area contributed by atoms with Crippen LogP contribution in [0.1, 0.15) is 5.56 Å². The minimum absolute atomic E-state index is 0.0370. The minimum atomic E-state index is -1.17. The summed E-state index contributed by atoms with van der Waals surface area (Å²) in [5.74, 6) is -2.24. The number of amides is 2. The highest BCUT2D eigenvalue weighted by Crippen LogP contribution is 2.02. The molecule has 22 heavy (non-hydrogen) atoms. The molecule has 1 rings (SSSR count). The highest BCUT2D eigenvalue weighted by atomic mass is 32.1. The zero-order valence-corrected chi connectivity index (χ0v) is 12.8. The van der Waals surface area contributed by atoms with Crippen molar-refractivity contribution in [1.82, 2.24) is 10.6 Å². The van der Waals surface area contributed by atoms with E-state index in [-0.39, 0.29) is 5.75 Å². The van der Waals surface area contributed by atoms with Crippen LogP contribution in [0.25, 0.3) is 0 Å².